The summed E-state index contributed by atoms with van der Waals surface area (Å²) in [7, 11) is 1.86. The summed E-state index contributed by atoms with van der Waals surface area (Å²) in [6.07, 6.45) is 7.20. The van der Waals surface area contributed by atoms with Crippen molar-refractivity contribution in [1.29, 1.82) is 0 Å². The number of carbonyl (C=O) groups is 1. The zero-order chi connectivity index (χ0) is 18.8. The molecule has 0 spiro atoms. The maximum absolute atomic E-state index is 12.4. The van der Waals surface area contributed by atoms with Crippen molar-refractivity contribution in [3.63, 3.8) is 0 Å². The number of hydrogen-bond donors (Lipinski definition) is 1. The van der Waals surface area contributed by atoms with Gasteiger partial charge in [-0.3, -0.25) is 14.5 Å². The van der Waals surface area contributed by atoms with Gasteiger partial charge in [0.15, 0.2) is 5.17 Å². The first kappa shape index (κ1) is 17.2. The second kappa shape index (κ2) is 7.20. The summed E-state index contributed by atoms with van der Waals surface area (Å²) in [4.78, 5) is 21.6. The first-order valence-corrected chi connectivity index (χ1v) is 9.21. The van der Waals surface area contributed by atoms with Crippen LogP contribution < -0.4 is 5.32 Å². The largest absolute Gasteiger partial charge is 0.300 e. The molecule has 4 rings (SSSR count). The Morgan fingerprint density at radius 1 is 1.19 bits per heavy atom. The van der Waals surface area contributed by atoms with E-state index in [9.17, 15) is 4.79 Å². The van der Waals surface area contributed by atoms with Crippen molar-refractivity contribution in [3.8, 4) is 11.3 Å². The lowest BCUT2D eigenvalue weighted by Gasteiger charge is -1.99. The number of nitrogens with one attached hydrogen (secondary N) is 1. The topological polar surface area (TPSA) is 72.2 Å². The first-order valence-electron chi connectivity index (χ1n) is 8.39. The number of rotatable bonds is 3. The second-order valence-corrected chi connectivity index (χ2v) is 7.14. The highest BCUT2D eigenvalue weighted by molar-refractivity contribution is 8.18. The van der Waals surface area contributed by atoms with Crippen molar-refractivity contribution in [2.75, 3.05) is 0 Å². The van der Waals surface area contributed by atoms with Gasteiger partial charge in [0.1, 0.15) is 0 Å². The Morgan fingerprint density at radius 3 is 2.74 bits per heavy atom. The highest BCUT2D eigenvalue weighted by Crippen LogP contribution is 2.31. The lowest BCUT2D eigenvalue weighted by atomic mass is 10.1. The number of carbonyl (C=O) groups excluding carboxylic acids is 1. The number of benzene rings is 1. The molecule has 134 valence electrons. The Kier molecular flexibility index (Phi) is 4.60. The minimum Gasteiger partial charge on any atom is -0.300 e. The van der Waals surface area contributed by atoms with Gasteiger partial charge >= 0.3 is 0 Å². The quantitative estimate of drug-likeness (QED) is 0.709. The molecule has 0 aliphatic carbocycles. The minimum absolute atomic E-state index is 0.156. The van der Waals surface area contributed by atoms with Crippen LogP contribution >= 0.6 is 11.8 Å². The number of aromatic nitrogens is 3. The molecule has 1 N–H and O–H groups in total. The number of pyridine rings is 1. The van der Waals surface area contributed by atoms with Crippen LogP contribution in [0.5, 0.6) is 0 Å². The van der Waals surface area contributed by atoms with Gasteiger partial charge < -0.3 is 5.32 Å². The van der Waals surface area contributed by atoms with E-state index in [4.69, 9.17) is 0 Å². The van der Waals surface area contributed by atoms with Crippen molar-refractivity contribution in [2.24, 2.45) is 12.0 Å². The van der Waals surface area contributed by atoms with Crippen molar-refractivity contribution >= 4 is 34.6 Å². The maximum Gasteiger partial charge on any atom is 0.264 e. The van der Waals surface area contributed by atoms with Crippen LogP contribution in [0, 0.1) is 6.92 Å². The predicted octanol–water partition coefficient (Wildman–Crippen LogP) is 3.68. The van der Waals surface area contributed by atoms with Crippen LogP contribution in [-0.4, -0.2) is 25.8 Å². The molecule has 1 aliphatic heterocycles. The highest BCUT2D eigenvalue weighted by Gasteiger charge is 2.25. The number of amides is 1. The predicted molar refractivity (Wildman–Crippen MR) is 108 cm³/mol. The second-order valence-electron chi connectivity index (χ2n) is 6.11. The van der Waals surface area contributed by atoms with E-state index < -0.39 is 0 Å². The van der Waals surface area contributed by atoms with Gasteiger partial charge in [-0.05, 0) is 48.5 Å². The molecular formula is C20H17N5OS. The van der Waals surface area contributed by atoms with Gasteiger partial charge in [0.25, 0.3) is 5.91 Å². The molecule has 6 nitrogen and oxygen atoms in total. The molecule has 3 heterocycles. The Hall–Kier alpha value is -3.19. The number of aliphatic imine (C=N–C) groups is 1. The van der Waals surface area contributed by atoms with Crippen molar-refractivity contribution in [3.05, 3.63) is 71.0 Å². The normalized spacial score (nSPS) is 16.9. The number of aryl methyl sites for hydroxylation is 2. The molecule has 1 aromatic carbocycles. The number of amidine groups is 1. The number of thioether (sulfide) groups is 1. The Labute approximate surface area is 161 Å². The molecule has 1 aliphatic rings. The van der Waals surface area contributed by atoms with E-state index in [0.29, 0.717) is 10.1 Å². The molecule has 1 saturated heterocycles. The third-order valence-electron chi connectivity index (χ3n) is 4.09. The van der Waals surface area contributed by atoms with E-state index in [1.54, 1.807) is 17.1 Å². The van der Waals surface area contributed by atoms with Gasteiger partial charge in [0, 0.05) is 36.8 Å². The van der Waals surface area contributed by atoms with Crippen LogP contribution in [-0.2, 0) is 11.8 Å². The Bertz CT molecular complexity index is 1070. The fourth-order valence-electron chi connectivity index (χ4n) is 2.77. The first-order chi connectivity index (χ1) is 13.1. The fraction of sp³-hybridized carbons (Fsp3) is 0.100. The summed E-state index contributed by atoms with van der Waals surface area (Å²) in [5, 5.41) is 7.93. The monoisotopic (exact) mass is 375 g/mol. The maximum atomic E-state index is 12.4. The molecule has 0 bridgehead atoms. The molecule has 1 amide bonds. The summed E-state index contributed by atoms with van der Waals surface area (Å²) in [6, 6.07) is 11.6. The van der Waals surface area contributed by atoms with E-state index in [-0.39, 0.29) is 5.91 Å². The summed E-state index contributed by atoms with van der Waals surface area (Å²) in [5.41, 5.74) is 4.54. The van der Waals surface area contributed by atoms with Crippen LogP contribution in [0.4, 0.5) is 5.69 Å². The van der Waals surface area contributed by atoms with Crippen LogP contribution in [0.3, 0.4) is 0 Å². The van der Waals surface area contributed by atoms with Crippen molar-refractivity contribution in [1.82, 2.24) is 20.1 Å². The molecule has 3 aromatic rings. The zero-order valence-electron chi connectivity index (χ0n) is 14.9. The van der Waals surface area contributed by atoms with Gasteiger partial charge in [-0.1, -0.05) is 18.2 Å². The molecule has 0 radical (unpaired) electrons. The SMILES string of the molecule is Cc1ccccc1N=C1NC(=O)C(=Cc2cn(C)nc2-c2ccncc2)S1. The standard InChI is InChI=1S/C20H17N5OS/c1-13-5-3-4-6-16(13)22-20-23-19(26)17(27-20)11-15-12-25(2)24-18(15)14-7-9-21-10-8-14/h3-12H,1-2H3,(H,22,23,26). The summed E-state index contributed by atoms with van der Waals surface area (Å²) in [6.45, 7) is 1.99. The third kappa shape index (κ3) is 3.68. The van der Waals surface area contributed by atoms with Crippen LogP contribution in [0.1, 0.15) is 11.1 Å². The van der Waals surface area contributed by atoms with Crippen LogP contribution in [0.15, 0.2) is 64.9 Å². The lowest BCUT2D eigenvalue weighted by Crippen LogP contribution is -2.19. The van der Waals surface area contributed by atoms with Gasteiger partial charge in [0.05, 0.1) is 16.3 Å². The highest BCUT2D eigenvalue weighted by atomic mass is 32.2. The van der Waals surface area contributed by atoms with Gasteiger partial charge in [-0.25, -0.2) is 4.99 Å². The van der Waals surface area contributed by atoms with Crippen LogP contribution in [0.2, 0.25) is 0 Å². The molecule has 27 heavy (non-hydrogen) atoms. The van der Waals surface area contributed by atoms with Crippen molar-refractivity contribution < 1.29 is 4.79 Å². The van der Waals surface area contributed by atoms with Gasteiger partial charge in [-0.2, -0.15) is 5.10 Å². The van der Waals surface area contributed by atoms with E-state index >= 15 is 0 Å². The summed E-state index contributed by atoms with van der Waals surface area (Å²) < 4.78 is 1.74. The van der Waals surface area contributed by atoms with Gasteiger partial charge in [0.2, 0.25) is 0 Å². The average Bonchev–Trinajstić information content (AvgIpc) is 3.20. The molecule has 0 unspecified atom stereocenters. The summed E-state index contributed by atoms with van der Waals surface area (Å²) >= 11 is 1.33. The fourth-order valence-corrected chi connectivity index (χ4v) is 3.59. The molecule has 1 fully saturated rings. The smallest absolute Gasteiger partial charge is 0.264 e. The molecule has 2 aromatic heterocycles. The van der Waals surface area contributed by atoms with Gasteiger partial charge in [-0.15, -0.1) is 0 Å². The molecule has 0 atom stereocenters. The van der Waals surface area contributed by atoms with E-state index in [2.05, 4.69) is 20.4 Å². The van der Waals surface area contributed by atoms with E-state index in [0.717, 1.165) is 28.1 Å². The van der Waals surface area contributed by atoms with Crippen molar-refractivity contribution in [2.45, 2.75) is 6.92 Å². The molecule has 0 saturated carbocycles. The number of nitrogens with zero attached hydrogens (tertiary/aromatic N) is 4. The molecular weight excluding hydrogens is 358 g/mol. The number of para-hydroxylation sites is 1. The number of hydrogen-bond acceptors (Lipinski definition) is 5. The van der Waals surface area contributed by atoms with E-state index in [1.165, 1.54) is 11.8 Å². The van der Waals surface area contributed by atoms with E-state index in [1.807, 2.05) is 62.6 Å². The molecule has 7 heteroatoms. The lowest BCUT2D eigenvalue weighted by molar-refractivity contribution is -0.115. The Morgan fingerprint density at radius 2 is 1.96 bits per heavy atom. The third-order valence-corrected chi connectivity index (χ3v) is 5.00. The Balaban J connectivity index is 1.66. The minimum atomic E-state index is -0.156. The zero-order valence-corrected chi connectivity index (χ0v) is 15.7. The summed E-state index contributed by atoms with van der Waals surface area (Å²) in [5.74, 6) is -0.156. The van der Waals surface area contributed by atoms with Crippen LogP contribution in [0.25, 0.3) is 17.3 Å². The average molecular weight is 375 g/mol.